The summed E-state index contributed by atoms with van der Waals surface area (Å²) in [5.41, 5.74) is 1.21. The highest BCUT2D eigenvalue weighted by molar-refractivity contribution is 5.73. The molecule has 2 heterocycles. The van der Waals surface area contributed by atoms with E-state index in [1.54, 1.807) is 4.90 Å². The molecule has 0 aromatic carbocycles. The second-order valence-electron chi connectivity index (χ2n) is 4.48. The smallest absolute Gasteiger partial charge is 0.410 e. The summed E-state index contributed by atoms with van der Waals surface area (Å²) in [6, 6.07) is 0.0196. The third kappa shape index (κ3) is 1.03. The summed E-state index contributed by atoms with van der Waals surface area (Å²) >= 11 is 0. The van der Waals surface area contributed by atoms with Gasteiger partial charge in [0.2, 0.25) is 0 Å². The second-order valence-corrected chi connectivity index (χ2v) is 4.48. The van der Waals surface area contributed by atoms with Crippen LogP contribution in [0.15, 0.2) is 11.6 Å². The molecule has 2 fully saturated rings. The molecule has 4 nitrogen and oxygen atoms in total. The fourth-order valence-corrected chi connectivity index (χ4v) is 3.16. The predicted molar refractivity (Wildman–Crippen MR) is 53.3 cm³/mol. The summed E-state index contributed by atoms with van der Waals surface area (Å²) in [5.74, 6) is 0.177. The molecule has 0 spiro atoms. The lowest BCUT2D eigenvalue weighted by atomic mass is 9.94. The van der Waals surface area contributed by atoms with Crippen molar-refractivity contribution < 1.29 is 14.6 Å². The Labute approximate surface area is 88.5 Å². The van der Waals surface area contributed by atoms with Crippen LogP contribution in [0.4, 0.5) is 4.79 Å². The van der Waals surface area contributed by atoms with E-state index in [1.165, 1.54) is 5.57 Å². The molecular weight excluding hydrogens is 194 g/mol. The molecule has 2 aliphatic heterocycles. The number of rotatable bonds is 1. The average molecular weight is 209 g/mol. The molecule has 3 aliphatic rings. The third-order valence-corrected chi connectivity index (χ3v) is 3.83. The summed E-state index contributed by atoms with van der Waals surface area (Å²) in [5, 5.41) is 10.1. The van der Waals surface area contributed by atoms with Crippen molar-refractivity contribution >= 4 is 6.09 Å². The van der Waals surface area contributed by atoms with Crippen LogP contribution in [0.25, 0.3) is 0 Å². The Hall–Kier alpha value is -1.03. The zero-order valence-electron chi connectivity index (χ0n) is 8.72. The van der Waals surface area contributed by atoms with Gasteiger partial charge in [0.05, 0.1) is 12.1 Å². The second kappa shape index (κ2) is 2.98. The highest BCUT2D eigenvalue weighted by Gasteiger charge is 2.56. The summed E-state index contributed by atoms with van der Waals surface area (Å²) in [7, 11) is 0. The first-order chi connectivity index (χ1) is 7.24. The van der Waals surface area contributed by atoms with E-state index in [4.69, 9.17) is 4.74 Å². The van der Waals surface area contributed by atoms with Crippen molar-refractivity contribution in [2.75, 3.05) is 6.54 Å². The number of nitrogens with zero attached hydrogens (tertiary/aromatic N) is 1. The van der Waals surface area contributed by atoms with Gasteiger partial charge in [0.15, 0.2) is 6.10 Å². The summed E-state index contributed by atoms with van der Waals surface area (Å²) in [6.45, 7) is 2.79. The number of hydrogen-bond acceptors (Lipinski definition) is 3. The molecule has 1 aliphatic carbocycles. The first-order valence-corrected chi connectivity index (χ1v) is 5.59. The molecule has 0 unspecified atom stereocenters. The van der Waals surface area contributed by atoms with Gasteiger partial charge in [-0.25, -0.2) is 4.79 Å². The molecule has 1 amide bonds. The van der Waals surface area contributed by atoms with Crippen LogP contribution in [0, 0.1) is 5.92 Å². The molecule has 1 N–H and O–H groups in total. The summed E-state index contributed by atoms with van der Waals surface area (Å²) < 4.78 is 5.24. The minimum Gasteiger partial charge on any atom is -0.441 e. The van der Waals surface area contributed by atoms with Gasteiger partial charge in [-0.2, -0.15) is 0 Å². The molecule has 0 aromatic heterocycles. The van der Waals surface area contributed by atoms with Crippen molar-refractivity contribution in [1.82, 2.24) is 4.90 Å². The van der Waals surface area contributed by atoms with Gasteiger partial charge in [-0.05, 0) is 18.4 Å². The van der Waals surface area contributed by atoms with Gasteiger partial charge in [0, 0.05) is 12.5 Å². The van der Waals surface area contributed by atoms with Gasteiger partial charge in [-0.1, -0.05) is 13.0 Å². The molecule has 1 saturated heterocycles. The highest BCUT2D eigenvalue weighted by Crippen LogP contribution is 2.44. The first-order valence-electron chi connectivity index (χ1n) is 5.59. The Morgan fingerprint density at radius 2 is 2.47 bits per heavy atom. The van der Waals surface area contributed by atoms with Crippen LogP contribution in [-0.4, -0.2) is 40.9 Å². The molecule has 3 rings (SSSR count). The molecule has 82 valence electrons. The quantitative estimate of drug-likeness (QED) is 0.653. The van der Waals surface area contributed by atoms with Gasteiger partial charge < -0.3 is 9.84 Å². The fourth-order valence-electron chi connectivity index (χ4n) is 3.16. The SMILES string of the molecule is CC[C@@H]1C2=CCCN3C(=O)O[C@@H]([C@H]1O)[C@H]23. The van der Waals surface area contributed by atoms with Crippen LogP contribution >= 0.6 is 0 Å². The molecule has 0 bridgehead atoms. The van der Waals surface area contributed by atoms with Crippen LogP contribution in [-0.2, 0) is 4.74 Å². The van der Waals surface area contributed by atoms with E-state index in [-0.39, 0.29) is 24.2 Å². The van der Waals surface area contributed by atoms with Gasteiger partial charge in [0.25, 0.3) is 0 Å². The van der Waals surface area contributed by atoms with E-state index in [0.29, 0.717) is 0 Å². The van der Waals surface area contributed by atoms with E-state index < -0.39 is 6.10 Å². The van der Waals surface area contributed by atoms with Gasteiger partial charge in [0.1, 0.15) is 0 Å². The van der Waals surface area contributed by atoms with Crippen molar-refractivity contribution in [1.29, 1.82) is 0 Å². The third-order valence-electron chi connectivity index (χ3n) is 3.83. The monoisotopic (exact) mass is 209 g/mol. The Morgan fingerprint density at radius 1 is 1.67 bits per heavy atom. The first kappa shape index (κ1) is 9.21. The number of hydrogen-bond donors (Lipinski definition) is 1. The van der Waals surface area contributed by atoms with Crippen LogP contribution in [0.1, 0.15) is 19.8 Å². The number of ether oxygens (including phenoxy) is 1. The Bertz CT molecular complexity index is 339. The molecular formula is C11H15NO3. The Morgan fingerprint density at radius 3 is 3.20 bits per heavy atom. The Kier molecular flexibility index (Phi) is 1.83. The number of aliphatic hydroxyl groups is 1. The molecule has 15 heavy (non-hydrogen) atoms. The maximum Gasteiger partial charge on any atom is 0.410 e. The lowest BCUT2D eigenvalue weighted by molar-refractivity contribution is 0.0218. The van der Waals surface area contributed by atoms with Crippen molar-refractivity contribution in [2.45, 2.75) is 38.0 Å². The standard InChI is InChI=1S/C11H15NO3/c1-2-6-7-4-3-5-12-8(7)10(9(6)13)15-11(12)14/h4,6,8-10,13H,2-3,5H2,1H3/t6-,8+,9+,10-/m1/s1. The van der Waals surface area contributed by atoms with Gasteiger partial charge in [-0.3, -0.25) is 4.90 Å². The lowest BCUT2D eigenvalue weighted by Crippen LogP contribution is -2.39. The fraction of sp³-hybridized carbons (Fsp3) is 0.727. The minimum atomic E-state index is -0.515. The van der Waals surface area contributed by atoms with Crippen molar-refractivity contribution in [2.24, 2.45) is 5.92 Å². The van der Waals surface area contributed by atoms with Crippen LogP contribution in [0.2, 0.25) is 0 Å². The van der Waals surface area contributed by atoms with Crippen molar-refractivity contribution in [3.8, 4) is 0 Å². The van der Waals surface area contributed by atoms with Gasteiger partial charge >= 0.3 is 6.09 Å². The largest absolute Gasteiger partial charge is 0.441 e. The molecule has 4 atom stereocenters. The maximum atomic E-state index is 11.5. The van der Waals surface area contributed by atoms with Crippen LogP contribution in [0.5, 0.6) is 0 Å². The minimum absolute atomic E-state index is 0.0196. The van der Waals surface area contributed by atoms with E-state index in [1.807, 2.05) is 0 Å². The van der Waals surface area contributed by atoms with Gasteiger partial charge in [-0.15, -0.1) is 0 Å². The molecule has 0 radical (unpaired) electrons. The zero-order chi connectivity index (χ0) is 10.6. The number of carbonyl (C=O) groups is 1. The van der Waals surface area contributed by atoms with E-state index in [9.17, 15) is 9.90 Å². The predicted octanol–water partition coefficient (Wildman–Crippen LogP) is 0.907. The topological polar surface area (TPSA) is 49.8 Å². The normalized spacial score (nSPS) is 42.7. The van der Waals surface area contributed by atoms with Crippen LogP contribution < -0.4 is 0 Å². The number of carbonyl (C=O) groups excluding carboxylic acids is 1. The molecule has 1 saturated carbocycles. The highest BCUT2D eigenvalue weighted by atomic mass is 16.6. The maximum absolute atomic E-state index is 11.5. The van der Waals surface area contributed by atoms with E-state index >= 15 is 0 Å². The number of amides is 1. The summed E-state index contributed by atoms with van der Waals surface area (Å²) in [4.78, 5) is 13.3. The van der Waals surface area contributed by atoms with Crippen molar-refractivity contribution in [3.63, 3.8) is 0 Å². The van der Waals surface area contributed by atoms with E-state index in [2.05, 4.69) is 13.0 Å². The molecule has 4 heteroatoms. The van der Waals surface area contributed by atoms with E-state index in [0.717, 1.165) is 19.4 Å². The summed E-state index contributed by atoms with van der Waals surface area (Å²) in [6.07, 6.45) is 2.87. The number of aliphatic hydroxyl groups excluding tert-OH is 1. The Balaban J connectivity index is 2.02. The molecule has 0 aromatic rings. The van der Waals surface area contributed by atoms with Crippen molar-refractivity contribution in [3.05, 3.63) is 11.6 Å². The average Bonchev–Trinajstić information content (AvgIpc) is 2.70. The lowest BCUT2D eigenvalue weighted by Gasteiger charge is -2.27. The van der Waals surface area contributed by atoms with Crippen LogP contribution in [0.3, 0.4) is 0 Å². The zero-order valence-corrected chi connectivity index (χ0v) is 8.72.